The maximum Gasteiger partial charge on any atom is 0.236 e. The third kappa shape index (κ3) is 3.20. The summed E-state index contributed by atoms with van der Waals surface area (Å²) < 4.78 is 34.0. The van der Waals surface area contributed by atoms with Crippen LogP contribution in [0.5, 0.6) is 5.75 Å². The largest absolute Gasteiger partial charge is 0.508 e. The number of phenols is 1. The Morgan fingerprint density at radius 1 is 1.46 bits per heavy atom. The van der Waals surface area contributed by atoms with Crippen LogP contribution in [0.2, 0.25) is 0 Å². The summed E-state index contributed by atoms with van der Waals surface area (Å²) in [6.45, 7) is 0. The number of hydrogen-bond donors (Lipinski definition) is 1. The molecule has 0 fully saturated rings. The first kappa shape index (κ1) is 10.3. The van der Waals surface area contributed by atoms with Crippen LogP contribution < -0.4 is 0 Å². The Morgan fingerprint density at radius 2 is 2.08 bits per heavy atom. The highest BCUT2D eigenvalue weighted by atomic mass is 35.7. The molecule has 0 atom stereocenters. The minimum atomic E-state index is -3.76. The molecule has 1 rings (SSSR count). The number of aromatic hydroxyl groups is 1. The van der Waals surface area contributed by atoms with Crippen LogP contribution in [0.3, 0.4) is 0 Å². The Hall–Kier alpha value is -0.810. The van der Waals surface area contributed by atoms with Crippen molar-refractivity contribution in [3.05, 3.63) is 29.6 Å². The normalized spacial score (nSPS) is 11.5. The van der Waals surface area contributed by atoms with Gasteiger partial charge in [0.15, 0.2) is 0 Å². The Morgan fingerprint density at radius 3 is 2.54 bits per heavy atom. The van der Waals surface area contributed by atoms with Crippen LogP contribution in [0.25, 0.3) is 0 Å². The van der Waals surface area contributed by atoms with Crippen molar-refractivity contribution in [3.63, 3.8) is 0 Å². The third-order valence-corrected chi connectivity index (χ3v) is 2.35. The second kappa shape index (κ2) is 3.51. The Labute approximate surface area is 79.2 Å². The highest BCUT2D eigenvalue weighted by molar-refractivity contribution is 8.13. The van der Waals surface area contributed by atoms with Gasteiger partial charge in [-0.2, -0.15) is 0 Å². The molecule has 0 saturated heterocycles. The van der Waals surface area contributed by atoms with Gasteiger partial charge in [0, 0.05) is 22.3 Å². The van der Waals surface area contributed by atoms with Gasteiger partial charge in [0.05, 0.1) is 5.75 Å². The van der Waals surface area contributed by atoms with E-state index in [0.29, 0.717) is 0 Å². The fourth-order valence-corrected chi connectivity index (χ4v) is 1.80. The SMILES string of the molecule is O=S(=O)(Cl)Cc1ccc(O)cc1F. The fraction of sp³-hybridized carbons (Fsp3) is 0.143. The average Bonchev–Trinajstić information content (AvgIpc) is 1.93. The number of hydrogen-bond acceptors (Lipinski definition) is 3. The molecule has 1 aromatic carbocycles. The predicted octanol–water partition coefficient (Wildman–Crippen LogP) is 1.60. The molecule has 6 heteroatoms. The molecule has 72 valence electrons. The molecule has 0 heterocycles. The Bertz CT molecular complexity index is 416. The number of halogens is 2. The average molecular weight is 225 g/mol. The second-order valence-corrected chi connectivity index (χ2v) is 5.24. The first-order valence-electron chi connectivity index (χ1n) is 3.28. The van der Waals surface area contributed by atoms with Crippen LogP contribution in [0, 0.1) is 5.82 Å². The van der Waals surface area contributed by atoms with E-state index in [9.17, 15) is 12.8 Å². The lowest BCUT2D eigenvalue weighted by Crippen LogP contribution is -1.97. The standard InChI is InChI=1S/C7H6ClFO3S/c8-13(11,12)4-5-1-2-6(10)3-7(5)9/h1-3,10H,4H2. The van der Waals surface area contributed by atoms with Crippen molar-refractivity contribution in [2.45, 2.75) is 5.75 Å². The van der Waals surface area contributed by atoms with Gasteiger partial charge < -0.3 is 5.11 Å². The third-order valence-electron chi connectivity index (χ3n) is 1.36. The van der Waals surface area contributed by atoms with E-state index in [1.54, 1.807) is 0 Å². The molecule has 1 N–H and O–H groups in total. The molecule has 3 nitrogen and oxygen atoms in total. The smallest absolute Gasteiger partial charge is 0.236 e. The first-order chi connectivity index (χ1) is 5.88. The lowest BCUT2D eigenvalue weighted by atomic mass is 10.2. The Balaban J connectivity index is 3.04. The minimum absolute atomic E-state index is 0.0622. The molecule has 0 aliphatic heterocycles. The number of rotatable bonds is 2. The van der Waals surface area contributed by atoms with E-state index in [-0.39, 0.29) is 11.3 Å². The molecular weight excluding hydrogens is 219 g/mol. The zero-order chi connectivity index (χ0) is 10.1. The Kier molecular flexibility index (Phi) is 2.77. The number of phenolic OH excluding ortho intramolecular Hbond substituents is 1. The molecule has 0 aliphatic rings. The molecular formula is C7H6ClFO3S. The van der Waals surface area contributed by atoms with Crippen molar-refractivity contribution >= 4 is 19.7 Å². The molecule has 0 bridgehead atoms. The summed E-state index contributed by atoms with van der Waals surface area (Å²) in [5.74, 6) is -1.63. The zero-order valence-corrected chi connectivity index (χ0v) is 7.94. The molecule has 0 amide bonds. The van der Waals surface area contributed by atoms with E-state index in [1.807, 2.05) is 0 Å². The summed E-state index contributed by atoms with van der Waals surface area (Å²) >= 11 is 0. The van der Waals surface area contributed by atoms with Crippen LogP contribution in [-0.2, 0) is 14.8 Å². The monoisotopic (exact) mass is 224 g/mol. The van der Waals surface area contributed by atoms with Crippen molar-refractivity contribution in [1.29, 1.82) is 0 Å². The predicted molar refractivity (Wildman–Crippen MR) is 46.5 cm³/mol. The molecule has 0 aliphatic carbocycles. The number of benzene rings is 1. The van der Waals surface area contributed by atoms with Gasteiger partial charge in [0.25, 0.3) is 0 Å². The van der Waals surface area contributed by atoms with Crippen LogP contribution in [0.4, 0.5) is 4.39 Å². The second-order valence-electron chi connectivity index (χ2n) is 2.46. The quantitative estimate of drug-likeness (QED) is 0.777. The van der Waals surface area contributed by atoms with Crippen LogP contribution in [0.15, 0.2) is 18.2 Å². The van der Waals surface area contributed by atoms with E-state index in [0.717, 1.165) is 6.07 Å². The molecule has 0 radical (unpaired) electrons. The summed E-state index contributed by atoms with van der Waals surface area (Å²) in [4.78, 5) is 0. The van der Waals surface area contributed by atoms with Gasteiger partial charge in [-0.05, 0) is 6.07 Å². The zero-order valence-electron chi connectivity index (χ0n) is 6.37. The highest BCUT2D eigenvalue weighted by Crippen LogP contribution is 2.18. The van der Waals surface area contributed by atoms with E-state index in [4.69, 9.17) is 15.8 Å². The lowest BCUT2D eigenvalue weighted by Gasteiger charge is -2.00. The maximum absolute atomic E-state index is 12.9. The summed E-state index contributed by atoms with van der Waals surface area (Å²) in [6, 6.07) is 3.20. The van der Waals surface area contributed by atoms with E-state index >= 15 is 0 Å². The highest BCUT2D eigenvalue weighted by Gasteiger charge is 2.11. The van der Waals surface area contributed by atoms with Crippen molar-refractivity contribution in [3.8, 4) is 5.75 Å². The molecule has 0 saturated carbocycles. The topological polar surface area (TPSA) is 54.4 Å². The summed E-state index contributed by atoms with van der Waals surface area (Å²) in [5.41, 5.74) is -0.0622. The first-order valence-corrected chi connectivity index (χ1v) is 5.76. The van der Waals surface area contributed by atoms with Gasteiger partial charge in [-0.25, -0.2) is 12.8 Å². The van der Waals surface area contributed by atoms with Gasteiger partial charge in [0.1, 0.15) is 11.6 Å². The van der Waals surface area contributed by atoms with Gasteiger partial charge in [-0.3, -0.25) is 0 Å². The fourth-order valence-electron chi connectivity index (χ4n) is 0.839. The van der Waals surface area contributed by atoms with Crippen molar-refractivity contribution in [2.24, 2.45) is 0 Å². The molecule has 13 heavy (non-hydrogen) atoms. The van der Waals surface area contributed by atoms with E-state index < -0.39 is 20.6 Å². The van der Waals surface area contributed by atoms with Crippen LogP contribution in [0.1, 0.15) is 5.56 Å². The van der Waals surface area contributed by atoms with Gasteiger partial charge >= 0.3 is 0 Å². The van der Waals surface area contributed by atoms with Crippen molar-refractivity contribution in [2.75, 3.05) is 0 Å². The molecule has 1 aromatic rings. The van der Waals surface area contributed by atoms with Crippen molar-refractivity contribution in [1.82, 2.24) is 0 Å². The lowest BCUT2D eigenvalue weighted by molar-refractivity contribution is 0.468. The van der Waals surface area contributed by atoms with Gasteiger partial charge in [-0.1, -0.05) is 6.07 Å². The molecule has 0 aromatic heterocycles. The minimum Gasteiger partial charge on any atom is -0.508 e. The van der Waals surface area contributed by atoms with Crippen LogP contribution >= 0.6 is 10.7 Å². The summed E-state index contributed by atoms with van der Waals surface area (Å²) in [5, 5.41) is 8.81. The molecule has 0 unspecified atom stereocenters. The van der Waals surface area contributed by atoms with E-state index in [1.165, 1.54) is 12.1 Å². The summed E-state index contributed by atoms with van der Waals surface area (Å²) in [6.07, 6.45) is 0. The summed E-state index contributed by atoms with van der Waals surface area (Å²) in [7, 11) is 1.16. The van der Waals surface area contributed by atoms with Crippen LogP contribution in [-0.4, -0.2) is 13.5 Å². The van der Waals surface area contributed by atoms with Gasteiger partial charge in [-0.15, -0.1) is 0 Å². The molecule has 0 spiro atoms. The maximum atomic E-state index is 12.9. The van der Waals surface area contributed by atoms with Crippen molar-refractivity contribution < 1.29 is 17.9 Å². The van der Waals surface area contributed by atoms with Gasteiger partial charge in [0.2, 0.25) is 9.05 Å². The van der Waals surface area contributed by atoms with E-state index in [2.05, 4.69) is 0 Å².